The molecule has 0 saturated carbocycles. The molecule has 0 radical (unpaired) electrons. The zero-order valence-corrected chi connectivity index (χ0v) is 12.0. The molecule has 3 rings (SSSR count). The van der Waals surface area contributed by atoms with Gasteiger partial charge in [0.2, 0.25) is 0 Å². The smallest absolute Gasteiger partial charge is 0.148 e. The highest BCUT2D eigenvalue weighted by molar-refractivity contribution is 5.89. The third-order valence-corrected chi connectivity index (χ3v) is 3.23. The van der Waals surface area contributed by atoms with Crippen molar-refractivity contribution in [2.75, 3.05) is 11.9 Å². The molecule has 0 fully saturated rings. The lowest BCUT2D eigenvalue weighted by Gasteiger charge is -2.10. The molecule has 1 heterocycles. The van der Waals surface area contributed by atoms with Crippen LogP contribution in [-0.2, 0) is 6.54 Å². The van der Waals surface area contributed by atoms with Crippen LogP contribution >= 0.6 is 0 Å². The highest BCUT2D eigenvalue weighted by Gasteiger charge is 2.05. The number of ether oxygens (including phenoxy) is 1. The average molecular weight is 289 g/mol. The molecule has 1 N–H and O–H groups in total. The fourth-order valence-corrected chi connectivity index (χ4v) is 2.17. The van der Waals surface area contributed by atoms with Gasteiger partial charge < -0.3 is 10.1 Å². The number of terminal acetylenes is 1. The number of nitrogens with one attached hydrogen (secondary N) is 1. The summed E-state index contributed by atoms with van der Waals surface area (Å²) in [7, 11) is 0. The summed E-state index contributed by atoms with van der Waals surface area (Å²) in [4.78, 5) is 8.60. The Bertz CT molecular complexity index is 809. The monoisotopic (exact) mass is 289 g/mol. The summed E-state index contributed by atoms with van der Waals surface area (Å²) in [5, 5.41) is 4.25. The third kappa shape index (κ3) is 3.15. The van der Waals surface area contributed by atoms with Gasteiger partial charge in [0.25, 0.3) is 0 Å². The van der Waals surface area contributed by atoms with Gasteiger partial charge in [-0.25, -0.2) is 9.97 Å². The van der Waals surface area contributed by atoms with Crippen LogP contribution in [0.2, 0.25) is 0 Å². The van der Waals surface area contributed by atoms with E-state index in [9.17, 15) is 0 Å². The van der Waals surface area contributed by atoms with E-state index in [2.05, 4.69) is 33.3 Å². The van der Waals surface area contributed by atoms with Gasteiger partial charge in [-0.3, -0.25) is 0 Å². The lowest BCUT2D eigenvalue weighted by molar-refractivity contribution is 0.371. The van der Waals surface area contributed by atoms with Gasteiger partial charge in [0, 0.05) is 11.9 Å². The lowest BCUT2D eigenvalue weighted by Crippen LogP contribution is -2.02. The SMILES string of the molecule is C#CCOc1ccc2ncnc(NCc3ccccc3)c2c1. The van der Waals surface area contributed by atoms with Crippen molar-refractivity contribution in [2.24, 2.45) is 0 Å². The molecule has 22 heavy (non-hydrogen) atoms. The first-order chi connectivity index (χ1) is 10.9. The molecule has 3 aromatic rings. The molecule has 0 unspecified atom stereocenters. The van der Waals surface area contributed by atoms with Crippen molar-refractivity contribution in [3.8, 4) is 18.1 Å². The first kappa shape index (κ1) is 13.9. The second kappa shape index (κ2) is 6.59. The van der Waals surface area contributed by atoms with Gasteiger partial charge in [-0.05, 0) is 23.8 Å². The molecule has 2 aromatic carbocycles. The molecule has 108 valence electrons. The van der Waals surface area contributed by atoms with Gasteiger partial charge in [0.05, 0.1) is 5.52 Å². The Kier molecular flexibility index (Phi) is 4.17. The number of nitrogens with zero attached hydrogens (tertiary/aromatic N) is 2. The van der Waals surface area contributed by atoms with Crippen molar-refractivity contribution >= 4 is 16.7 Å². The minimum atomic E-state index is 0.242. The van der Waals surface area contributed by atoms with Crippen LogP contribution in [0.25, 0.3) is 10.9 Å². The maximum Gasteiger partial charge on any atom is 0.148 e. The van der Waals surface area contributed by atoms with Crippen LogP contribution in [0.15, 0.2) is 54.9 Å². The second-order valence-electron chi connectivity index (χ2n) is 4.73. The topological polar surface area (TPSA) is 47.0 Å². The van der Waals surface area contributed by atoms with E-state index in [1.54, 1.807) is 6.33 Å². The molecule has 4 heteroatoms. The second-order valence-corrected chi connectivity index (χ2v) is 4.73. The van der Waals surface area contributed by atoms with Crippen LogP contribution in [0.3, 0.4) is 0 Å². The molecular weight excluding hydrogens is 274 g/mol. The summed E-state index contributed by atoms with van der Waals surface area (Å²) in [5.74, 6) is 3.95. The molecule has 0 saturated heterocycles. The van der Waals surface area contributed by atoms with Crippen molar-refractivity contribution in [1.29, 1.82) is 0 Å². The Labute approximate surface area is 129 Å². The summed E-state index contributed by atoms with van der Waals surface area (Å²) < 4.78 is 5.46. The molecule has 0 bridgehead atoms. The predicted octanol–water partition coefficient (Wildman–Crippen LogP) is 3.25. The molecule has 0 atom stereocenters. The Morgan fingerprint density at radius 1 is 1.09 bits per heavy atom. The first-order valence-corrected chi connectivity index (χ1v) is 6.95. The fraction of sp³-hybridized carbons (Fsp3) is 0.111. The van der Waals surface area contributed by atoms with E-state index in [1.807, 2.05) is 36.4 Å². The molecule has 1 aromatic heterocycles. The van der Waals surface area contributed by atoms with E-state index in [4.69, 9.17) is 11.2 Å². The summed E-state index contributed by atoms with van der Waals surface area (Å²) in [6.45, 7) is 0.939. The summed E-state index contributed by atoms with van der Waals surface area (Å²) in [5.41, 5.74) is 2.05. The van der Waals surface area contributed by atoms with Crippen molar-refractivity contribution < 1.29 is 4.74 Å². The fourth-order valence-electron chi connectivity index (χ4n) is 2.17. The Hall–Kier alpha value is -3.06. The minimum Gasteiger partial charge on any atom is -0.481 e. The lowest BCUT2D eigenvalue weighted by atomic mass is 10.2. The van der Waals surface area contributed by atoms with Crippen molar-refractivity contribution in [2.45, 2.75) is 6.54 Å². The summed E-state index contributed by atoms with van der Waals surface area (Å²) in [6, 6.07) is 15.8. The number of hydrogen-bond donors (Lipinski definition) is 1. The summed E-state index contributed by atoms with van der Waals surface area (Å²) in [6.07, 6.45) is 6.77. The Morgan fingerprint density at radius 3 is 2.77 bits per heavy atom. The molecule has 0 aliphatic heterocycles. The number of rotatable bonds is 5. The van der Waals surface area contributed by atoms with E-state index >= 15 is 0 Å². The van der Waals surface area contributed by atoms with Gasteiger partial charge in [-0.1, -0.05) is 36.3 Å². The van der Waals surface area contributed by atoms with E-state index < -0.39 is 0 Å². The normalized spacial score (nSPS) is 10.1. The maximum atomic E-state index is 5.46. The van der Waals surface area contributed by atoms with Gasteiger partial charge >= 0.3 is 0 Å². The van der Waals surface area contributed by atoms with Crippen molar-refractivity contribution in [3.63, 3.8) is 0 Å². The van der Waals surface area contributed by atoms with Crippen LogP contribution < -0.4 is 10.1 Å². The number of aromatic nitrogens is 2. The largest absolute Gasteiger partial charge is 0.481 e. The predicted molar refractivity (Wildman–Crippen MR) is 87.6 cm³/mol. The zero-order chi connectivity index (χ0) is 15.2. The number of fused-ring (bicyclic) bond motifs is 1. The van der Waals surface area contributed by atoms with Crippen molar-refractivity contribution in [1.82, 2.24) is 9.97 Å². The zero-order valence-electron chi connectivity index (χ0n) is 12.0. The standard InChI is InChI=1S/C18H15N3O/c1-2-10-22-15-8-9-17-16(11-15)18(21-13-20-17)19-12-14-6-4-3-5-7-14/h1,3-9,11,13H,10,12H2,(H,19,20,21). The van der Waals surface area contributed by atoms with Gasteiger partial charge in [0.15, 0.2) is 0 Å². The average Bonchev–Trinajstić information content (AvgIpc) is 2.59. The Balaban J connectivity index is 1.86. The quantitative estimate of drug-likeness (QED) is 0.732. The number of anilines is 1. The van der Waals surface area contributed by atoms with Crippen molar-refractivity contribution in [3.05, 3.63) is 60.4 Å². The number of hydrogen-bond acceptors (Lipinski definition) is 4. The van der Waals surface area contributed by atoms with Gasteiger partial charge in [-0.2, -0.15) is 0 Å². The minimum absolute atomic E-state index is 0.242. The molecule has 0 aliphatic rings. The Morgan fingerprint density at radius 2 is 1.95 bits per heavy atom. The molecule has 4 nitrogen and oxygen atoms in total. The van der Waals surface area contributed by atoms with Gasteiger partial charge in [-0.15, -0.1) is 6.42 Å². The van der Waals surface area contributed by atoms with Crippen LogP contribution in [-0.4, -0.2) is 16.6 Å². The third-order valence-electron chi connectivity index (χ3n) is 3.23. The molecule has 0 amide bonds. The highest BCUT2D eigenvalue weighted by atomic mass is 16.5. The van der Waals surface area contributed by atoms with E-state index in [0.29, 0.717) is 12.3 Å². The summed E-state index contributed by atoms with van der Waals surface area (Å²) >= 11 is 0. The van der Waals surface area contributed by atoms with Crippen LogP contribution in [0.1, 0.15) is 5.56 Å². The maximum absolute atomic E-state index is 5.46. The number of benzene rings is 2. The molecule has 0 aliphatic carbocycles. The molecule has 0 spiro atoms. The van der Waals surface area contributed by atoms with Crippen LogP contribution in [0.5, 0.6) is 5.75 Å². The van der Waals surface area contributed by atoms with E-state index in [0.717, 1.165) is 16.7 Å². The highest BCUT2D eigenvalue weighted by Crippen LogP contribution is 2.24. The molecular formula is C18H15N3O. The van der Waals surface area contributed by atoms with E-state index in [-0.39, 0.29) is 6.61 Å². The van der Waals surface area contributed by atoms with Crippen LogP contribution in [0, 0.1) is 12.3 Å². The van der Waals surface area contributed by atoms with Crippen LogP contribution in [0.4, 0.5) is 5.82 Å². The first-order valence-electron chi connectivity index (χ1n) is 6.95. The van der Waals surface area contributed by atoms with E-state index in [1.165, 1.54) is 5.56 Å². The van der Waals surface area contributed by atoms with Gasteiger partial charge in [0.1, 0.15) is 24.5 Å².